The maximum Gasteiger partial charge on any atom is 0.220 e. The molecule has 0 saturated carbocycles. The molecule has 0 fully saturated rings. The Balaban J connectivity index is 3.69. The van der Waals surface area contributed by atoms with Gasteiger partial charge in [-0.2, -0.15) is 0 Å². The first-order valence-corrected chi connectivity index (χ1v) is 3.88. The number of carbonyl (C=O) groups is 1. The van der Waals surface area contributed by atoms with Gasteiger partial charge < -0.3 is 5.73 Å². The average Bonchev–Trinajstić information content (AvgIpc) is 1.87. The van der Waals surface area contributed by atoms with Gasteiger partial charge in [-0.25, -0.2) is 0 Å². The second kappa shape index (κ2) is 4.31. The number of nitrogens with two attached hydrogens (primary N) is 1. The summed E-state index contributed by atoms with van der Waals surface area (Å²) in [4.78, 5) is 10.6. The van der Waals surface area contributed by atoms with Crippen LogP contribution in [0, 0.1) is 11.8 Å². The Hall–Kier alpha value is -0.530. The van der Waals surface area contributed by atoms with Gasteiger partial charge in [0.15, 0.2) is 0 Å². The van der Waals surface area contributed by atoms with Gasteiger partial charge in [0, 0.05) is 5.92 Å². The van der Waals surface area contributed by atoms with Crippen LogP contribution in [0.25, 0.3) is 0 Å². The molecule has 0 aromatic carbocycles. The van der Waals surface area contributed by atoms with E-state index in [2.05, 4.69) is 13.8 Å². The fourth-order valence-corrected chi connectivity index (χ4v) is 0.986. The first-order chi connectivity index (χ1) is 4.59. The number of hydrogen-bond donors (Lipinski definition) is 1. The van der Waals surface area contributed by atoms with Crippen molar-refractivity contribution in [3.05, 3.63) is 0 Å². The van der Waals surface area contributed by atoms with Crippen LogP contribution < -0.4 is 5.73 Å². The van der Waals surface area contributed by atoms with E-state index >= 15 is 0 Å². The van der Waals surface area contributed by atoms with Gasteiger partial charge in [-0.1, -0.05) is 33.6 Å². The number of carbonyl (C=O) groups excluding carboxylic acids is 1. The van der Waals surface area contributed by atoms with Crippen molar-refractivity contribution in [3.8, 4) is 0 Å². The molecule has 2 unspecified atom stereocenters. The van der Waals surface area contributed by atoms with Crippen LogP contribution in [0.2, 0.25) is 0 Å². The van der Waals surface area contributed by atoms with E-state index in [1.165, 1.54) is 0 Å². The van der Waals surface area contributed by atoms with Crippen molar-refractivity contribution < 1.29 is 4.79 Å². The standard InChI is InChI=1S/C8H17NO/c1-4-5-6(2)7(3)8(9)10/h6-7H,4-5H2,1-3H3,(H2,9,10). The van der Waals surface area contributed by atoms with Gasteiger partial charge in [0.2, 0.25) is 5.91 Å². The number of hydrogen-bond acceptors (Lipinski definition) is 1. The minimum Gasteiger partial charge on any atom is -0.369 e. The number of primary amides is 1. The third kappa shape index (κ3) is 2.85. The summed E-state index contributed by atoms with van der Waals surface area (Å²) in [5.74, 6) is 0.281. The van der Waals surface area contributed by atoms with Crippen molar-refractivity contribution in [2.75, 3.05) is 0 Å². The van der Waals surface area contributed by atoms with Crippen LogP contribution in [0.15, 0.2) is 0 Å². The maximum absolute atomic E-state index is 10.6. The Labute approximate surface area is 62.8 Å². The van der Waals surface area contributed by atoms with Crippen molar-refractivity contribution in [2.24, 2.45) is 17.6 Å². The van der Waals surface area contributed by atoms with Gasteiger partial charge >= 0.3 is 0 Å². The second-order valence-electron chi connectivity index (χ2n) is 2.96. The fraction of sp³-hybridized carbons (Fsp3) is 0.875. The molecule has 0 spiro atoms. The molecular formula is C8H17NO. The van der Waals surface area contributed by atoms with Crippen LogP contribution in [-0.4, -0.2) is 5.91 Å². The summed E-state index contributed by atoms with van der Waals surface area (Å²) in [6, 6.07) is 0. The molecule has 60 valence electrons. The highest BCUT2D eigenvalue weighted by atomic mass is 16.1. The summed E-state index contributed by atoms with van der Waals surface area (Å²) in [5, 5.41) is 0. The average molecular weight is 143 g/mol. The van der Waals surface area contributed by atoms with Gasteiger partial charge in [0.1, 0.15) is 0 Å². The lowest BCUT2D eigenvalue weighted by Gasteiger charge is -2.14. The molecule has 0 radical (unpaired) electrons. The normalized spacial score (nSPS) is 16.3. The van der Waals surface area contributed by atoms with E-state index in [0.29, 0.717) is 5.92 Å². The van der Waals surface area contributed by atoms with Crippen molar-refractivity contribution in [1.29, 1.82) is 0 Å². The Morgan fingerprint density at radius 3 is 2.30 bits per heavy atom. The Morgan fingerprint density at radius 2 is 2.00 bits per heavy atom. The molecule has 2 N–H and O–H groups in total. The lowest BCUT2D eigenvalue weighted by Crippen LogP contribution is -2.25. The molecule has 2 atom stereocenters. The van der Waals surface area contributed by atoms with E-state index in [0.717, 1.165) is 12.8 Å². The molecule has 2 heteroatoms. The van der Waals surface area contributed by atoms with Crippen LogP contribution in [0.1, 0.15) is 33.6 Å². The summed E-state index contributed by atoms with van der Waals surface area (Å²) in [7, 11) is 0. The highest BCUT2D eigenvalue weighted by Gasteiger charge is 2.15. The molecule has 0 rings (SSSR count). The molecule has 0 aliphatic heterocycles. The summed E-state index contributed by atoms with van der Waals surface area (Å²) in [6.45, 7) is 6.08. The van der Waals surface area contributed by atoms with Gasteiger partial charge in [0.05, 0.1) is 0 Å². The quantitative estimate of drug-likeness (QED) is 0.637. The zero-order valence-corrected chi connectivity index (χ0v) is 7.05. The van der Waals surface area contributed by atoms with Crippen molar-refractivity contribution in [1.82, 2.24) is 0 Å². The number of rotatable bonds is 4. The lowest BCUT2D eigenvalue weighted by atomic mass is 9.91. The Kier molecular flexibility index (Phi) is 4.08. The Morgan fingerprint density at radius 1 is 1.50 bits per heavy atom. The molecule has 0 heterocycles. The molecular weight excluding hydrogens is 126 g/mol. The minimum absolute atomic E-state index is 0.0277. The first kappa shape index (κ1) is 9.47. The summed E-state index contributed by atoms with van der Waals surface area (Å²) in [5.41, 5.74) is 5.13. The SMILES string of the molecule is CCCC(C)C(C)C(N)=O. The van der Waals surface area contributed by atoms with Gasteiger partial charge in [0.25, 0.3) is 0 Å². The van der Waals surface area contributed by atoms with E-state index in [9.17, 15) is 4.79 Å². The van der Waals surface area contributed by atoms with Crippen LogP contribution in [0.5, 0.6) is 0 Å². The molecule has 0 bridgehead atoms. The first-order valence-electron chi connectivity index (χ1n) is 3.88. The monoisotopic (exact) mass is 143 g/mol. The van der Waals surface area contributed by atoms with Crippen LogP contribution in [0.3, 0.4) is 0 Å². The summed E-state index contributed by atoms with van der Waals surface area (Å²) in [6.07, 6.45) is 2.21. The topological polar surface area (TPSA) is 43.1 Å². The molecule has 2 nitrogen and oxygen atoms in total. The van der Waals surface area contributed by atoms with E-state index in [4.69, 9.17) is 5.73 Å². The van der Waals surface area contributed by atoms with Crippen LogP contribution in [0.4, 0.5) is 0 Å². The van der Waals surface area contributed by atoms with Crippen LogP contribution in [-0.2, 0) is 4.79 Å². The highest BCUT2D eigenvalue weighted by molar-refractivity contribution is 5.76. The van der Waals surface area contributed by atoms with E-state index in [1.807, 2.05) is 6.92 Å². The van der Waals surface area contributed by atoms with E-state index < -0.39 is 0 Å². The van der Waals surface area contributed by atoms with E-state index in [1.54, 1.807) is 0 Å². The van der Waals surface area contributed by atoms with Crippen molar-refractivity contribution in [2.45, 2.75) is 33.6 Å². The Bertz CT molecular complexity index is 112. The predicted octanol–water partition coefficient (Wildman–Crippen LogP) is 1.54. The van der Waals surface area contributed by atoms with Crippen molar-refractivity contribution in [3.63, 3.8) is 0 Å². The largest absolute Gasteiger partial charge is 0.369 e. The zero-order valence-electron chi connectivity index (χ0n) is 7.05. The molecule has 1 amide bonds. The fourth-order valence-electron chi connectivity index (χ4n) is 0.986. The van der Waals surface area contributed by atoms with Crippen LogP contribution >= 0.6 is 0 Å². The van der Waals surface area contributed by atoms with Gasteiger partial charge in [-0.15, -0.1) is 0 Å². The van der Waals surface area contributed by atoms with Gasteiger partial charge in [-0.3, -0.25) is 4.79 Å². The van der Waals surface area contributed by atoms with Crippen molar-refractivity contribution >= 4 is 5.91 Å². The molecule has 10 heavy (non-hydrogen) atoms. The number of amides is 1. The third-order valence-corrected chi connectivity index (χ3v) is 2.05. The second-order valence-corrected chi connectivity index (χ2v) is 2.96. The minimum atomic E-state index is -0.180. The van der Waals surface area contributed by atoms with E-state index in [-0.39, 0.29) is 11.8 Å². The molecule has 0 saturated heterocycles. The molecule has 0 aromatic heterocycles. The zero-order chi connectivity index (χ0) is 8.15. The third-order valence-electron chi connectivity index (χ3n) is 2.05. The molecule has 0 aliphatic rings. The smallest absolute Gasteiger partial charge is 0.220 e. The lowest BCUT2D eigenvalue weighted by molar-refractivity contribution is -0.122. The molecule has 0 aliphatic carbocycles. The highest BCUT2D eigenvalue weighted by Crippen LogP contribution is 2.15. The molecule has 0 aromatic rings. The maximum atomic E-state index is 10.6. The predicted molar refractivity (Wildman–Crippen MR) is 42.4 cm³/mol. The summed E-state index contributed by atoms with van der Waals surface area (Å²) < 4.78 is 0. The summed E-state index contributed by atoms with van der Waals surface area (Å²) >= 11 is 0. The van der Waals surface area contributed by atoms with Gasteiger partial charge in [-0.05, 0) is 5.92 Å².